The van der Waals surface area contributed by atoms with Crippen LogP contribution in [0.5, 0.6) is 0 Å². The van der Waals surface area contributed by atoms with Gasteiger partial charge in [-0.05, 0) is 47.8 Å². The van der Waals surface area contributed by atoms with Gasteiger partial charge in [0.25, 0.3) is 0 Å². The van der Waals surface area contributed by atoms with Crippen molar-refractivity contribution in [1.29, 1.82) is 0 Å². The van der Waals surface area contributed by atoms with Crippen molar-refractivity contribution in [2.75, 3.05) is 11.9 Å². The highest BCUT2D eigenvalue weighted by molar-refractivity contribution is 6.74. The maximum atomic E-state index is 10.1. The number of fused-ring (bicyclic) bond motifs is 2. The number of aromatic nitrogens is 3. The quantitative estimate of drug-likeness (QED) is 0.275. The zero-order chi connectivity index (χ0) is 24.8. The molecule has 1 fully saturated rings. The van der Waals surface area contributed by atoms with E-state index in [0.29, 0.717) is 5.65 Å². The van der Waals surface area contributed by atoms with Crippen LogP contribution in [-0.4, -0.2) is 47.1 Å². The van der Waals surface area contributed by atoms with Gasteiger partial charge in [-0.3, -0.25) is 0 Å². The molecule has 184 valence electrons. The van der Waals surface area contributed by atoms with Crippen molar-refractivity contribution in [3.63, 3.8) is 0 Å². The summed E-state index contributed by atoms with van der Waals surface area (Å²) in [6.07, 6.45) is 3.64. The maximum absolute atomic E-state index is 10.1. The summed E-state index contributed by atoms with van der Waals surface area (Å²) in [4.78, 5) is 12.9. The third-order valence-corrected chi connectivity index (χ3v) is 12.4. The van der Waals surface area contributed by atoms with Crippen LogP contribution in [-0.2, 0) is 4.43 Å². The van der Waals surface area contributed by atoms with Crippen molar-refractivity contribution >= 4 is 35.9 Å². The molecule has 0 bridgehead atoms. The molecule has 2 aromatic carbocycles. The summed E-state index contributed by atoms with van der Waals surface area (Å²) >= 11 is 0. The minimum Gasteiger partial charge on any atom is -0.413 e. The first-order chi connectivity index (χ1) is 16.7. The Kier molecular flexibility index (Phi) is 6.19. The fourth-order valence-electron chi connectivity index (χ4n) is 4.91. The van der Waals surface area contributed by atoms with Gasteiger partial charge in [0, 0.05) is 30.3 Å². The Bertz CT molecular complexity index is 1340. The third kappa shape index (κ3) is 4.60. The molecular weight excluding hydrogens is 452 g/mol. The fourth-order valence-corrected chi connectivity index (χ4v) is 6.31. The van der Waals surface area contributed by atoms with E-state index < -0.39 is 8.32 Å². The number of pyridine rings is 1. The average molecular weight is 489 g/mol. The molecule has 0 saturated heterocycles. The first-order valence-corrected chi connectivity index (χ1v) is 15.4. The van der Waals surface area contributed by atoms with Crippen molar-refractivity contribution in [1.82, 2.24) is 15.0 Å². The van der Waals surface area contributed by atoms with Gasteiger partial charge in [-0.2, -0.15) is 0 Å². The normalized spacial score (nSPS) is 21.1. The number of rotatable bonds is 6. The highest BCUT2D eigenvalue weighted by Gasteiger charge is 2.43. The van der Waals surface area contributed by atoms with Gasteiger partial charge in [-0.25, -0.2) is 9.97 Å². The smallest absolute Gasteiger partial charge is 0.192 e. The van der Waals surface area contributed by atoms with Gasteiger partial charge in [0.2, 0.25) is 0 Å². The topological polar surface area (TPSA) is 83.1 Å². The summed E-state index contributed by atoms with van der Waals surface area (Å²) in [7, 11) is -1.92. The second-order valence-corrected chi connectivity index (χ2v) is 16.1. The number of H-pyrrole nitrogens is 1. The van der Waals surface area contributed by atoms with E-state index in [1.807, 2.05) is 6.07 Å². The van der Waals surface area contributed by atoms with Crippen LogP contribution in [0.25, 0.3) is 33.3 Å². The maximum Gasteiger partial charge on any atom is 0.192 e. The van der Waals surface area contributed by atoms with E-state index in [4.69, 9.17) is 9.41 Å². The number of aliphatic hydroxyl groups is 1. The minimum atomic E-state index is -1.92. The van der Waals surface area contributed by atoms with Gasteiger partial charge >= 0.3 is 0 Å². The zero-order valence-corrected chi connectivity index (χ0v) is 22.3. The SMILES string of the molecule is CC(C)(C)[Si](C)(C)O[C@H]1C[C@H](Nc2ccnc3nc(-c4cccc5ccccc45)[nH]c23)C[C@H]1CO. The molecule has 4 aromatic rings. The highest BCUT2D eigenvalue weighted by atomic mass is 28.4. The van der Waals surface area contributed by atoms with Crippen LogP contribution in [0.15, 0.2) is 54.7 Å². The lowest BCUT2D eigenvalue weighted by Gasteiger charge is -2.39. The van der Waals surface area contributed by atoms with Gasteiger partial charge in [0.15, 0.2) is 14.0 Å². The zero-order valence-electron chi connectivity index (χ0n) is 21.3. The predicted molar refractivity (Wildman–Crippen MR) is 146 cm³/mol. The molecule has 0 spiro atoms. The van der Waals surface area contributed by atoms with E-state index in [9.17, 15) is 5.11 Å². The molecule has 2 heterocycles. The summed E-state index contributed by atoms with van der Waals surface area (Å²) in [6.45, 7) is 11.5. The Labute approximate surface area is 208 Å². The number of benzene rings is 2. The average Bonchev–Trinajstić information content (AvgIpc) is 3.42. The number of nitrogens with zero attached hydrogens (tertiary/aromatic N) is 2. The molecule has 35 heavy (non-hydrogen) atoms. The largest absolute Gasteiger partial charge is 0.413 e. The Morgan fingerprint density at radius 2 is 1.86 bits per heavy atom. The van der Waals surface area contributed by atoms with Crippen LogP contribution in [0.4, 0.5) is 5.69 Å². The molecule has 7 heteroatoms. The molecule has 5 rings (SSSR count). The first-order valence-electron chi connectivity index (χ1n) is 12.5. The third-order valence-electron chi connectivity index (χ3n) is 7.91. The van der Waals surface area contributed by atoms with Gasteiger partial charge in [0.05, 0.1) is 11.8 Å². The van der Waals surface area contributed by atoms with Gasteiger partial charge < -0.3 is 19.8 Å². The van der Waals surface area contributed by atoms with E-state index in [2.05, 4.69) is 91.6 Å². The number of imidazole rings is 1. The van der Waals surface area contributed by atoms with Crippen LogP contribution in [0.1, 0.15) is 33.6 Å². The molecule has 0 unspecified atom stereocenters. The molecule has 3 N–H and O–H groups in total. The van der Waals surface area contributed by atoms with E-state index in [1.54, 1.807) is 6.20 Å². The molecule has 1 saturated carbocycles. The van der Waals surface area contributed by atoms with E-state index in [1.165, 1.54) is 5.39 Å². The van der Waals surface area contributed by atoms with Crippen molar-refractivity contribution in [2.24, 2.45) is 5.92 Å². The summed E-state index contributed by atoms with van der Waals surface area (Å²) in [5.41, 5.74) is 3.66. The van der Waals surface area contributed by atoms with E-state index >= 15 is 0 Å². The molecule has 2 aromatic heterocycles. The van der Waals surface area contributed by atoms with Crippen LogP contribution in [0, 0.1) is 5.92 Å². The van der Waals surface area contributed by atoms with Crippen LogP contribution in [0.3, 0.4) is 0 Å². The van der Waals surface area contributed by atoms with Crippen molar-refractivity contribution in [3.8, 4) is 11.4 Å². The molecule has 0 aliphatic heterocycles. The predicted octanol–water partition coefficient (Wildman–Crippen LogP) is 6.35. The van der Waals surface area contributed by atoms with Crippen LogP contribution >= 0.6 is 0 Å². The number of anilines is 1. The van der Waals surface area contributed by atoms with E-state index in [-0.39, 0.29) is 29.7 Å². The molecule has 0 amide bonds. The minimum absolute atomic E-state index is 0.0729. The standard InChI is InChI=1S/C28H36N4O2Si/c1-28(2,3)35(4,5)34-24-16-20(15-19(24)17-33)30-23-13-14-29-27-25(23)31-26(32-27)22-12-8-10-18-9-6-7-11-21(18)22/h6-14,19-20,24,33H,15-17H2,1-5H3,(H2,29,30,31,32)/t19-,20+,24-/m0/s1. The molecular formula is C28H36N4O2Si. The van der Waals surface area contributed by atoms with Crippen molar-refractivity contribution in [2.45, 2.75) is 63.9 Å². The Balaban J connectivity index is 1.41. The molecule has 3 atom stereocenters. The number of aliphatic hydroxyl groups excluding tert-OH is 1. The number of aromatic amines is 1. The van der Waals surface area contributed by atoms with E-state index in [0.717, 1.165) is 40.8 Å². The Morgan fingerprint density at radius 1 is 1.09 bits per heavy atom. The number of hydrogen-bond donors (Lipinski definition) is 3. The van der Waals surface area contributed by atoms with Crippen LogP contribution < -0.4 is 5.32 Å². The van der Waals surface area contributed by atoms with Gasteiger partial charge in [-0.1, -0.05) is 63.2 Å². The first kappa shape index (κ1) is 24.0. The van der Waals surface area contributed by atoms with Crippen molar-refractivity contribution < 1.29 is 9.53 Å². The van der Waals surface area contributed by atoms with Gasteiger partial charge in [0.1, 0.15) is 11.3 Å². The lowest BCUT2D eigenvalue weighted by molar-refractivity contribution is 0.0980. The Hall–Kier alpha value is -2.74. The summed E-state index contributed by atoms with van der Waals surface area (Å²) in [5.74, 6) is 0.962. The number of hydrogen-bond acceptors (Lipinski definition) is 5. The van der Waals surface area contributed by atoms with Crippen LogP contribution in [0.2, 0.25) is 18.1 Å². The molecule has 0 radical (unpaired) electrons. The molecule has 1 aliphatic rings. The second kappa shape index (κ2) is 9.04. The highest BCUT2D eigenvalue weighted by Crippen LogP contribution is 2.41. The Morgan fingerprint density at radius 3 is 2.63 bits per heavy atom. The summed E-state index contributed by atoms with van der Waals surface area (Å²) < 4.78 is 6.73. The monoisotopic (exact) mass is 488 g/mol. The van der Waals surface area contributed by atoms with Gasteiger partial charge in [-0.15, -0.1) is 0 Å². The summed E-state index contributed by atoms with van der Waals surface area (Å²) in [6, 6.07) is 16.9. The molecule has 6 nitrogen and oxygen atoms in total. The fraction of sp³-hybridized carbons (Fsp3) is 0.429. The summed E-state index contributed by atoms with van der Waals surface area (Å²) in [5, 5.41) is 16.3. The van der Waals surface area contributed by atoms with Crippen molar-refractivity contribution in [3.05, 3.63) is 54.7 Å². The molecule has 1 aliphatic carbocycles. The second-order valence-electron chi connectivity index (χ2n) is 11.3. The number of nitrogens with one attached hydrogen (secondary N) is 2. The lowest BCUT2D eigenvalue weighted by atomic mass is 10.0. The lowest BCUT2D eigenvalue weighted by Crippen LogP contribution is -2.45.